The molecule has 0 heterocycles. The van der Waals surface area contributed by atoms with Gasteiger partial charge in [0.2, 0.25) is 5.91 Å². The molecule has 0 aromatic heterocycles. The molecule has 5 heteroatoms. The van der Waals surface area contributed by atoms with E-state index >= 15 is 0 Å². The van der Waals surface area contributed by atoms with Crippen LogP contribution in [0, 0.1) is 6.92 Å². The number of aryl methyl sites for hydroxylation is 1. The lowest BCUT2D eigenvalue weighted by Gasteiger charge is -2.08. The van der Waals surface area contributed by atoms with E-state index in [1.54, 1.807) is 13.0 Å². The number of rotatable bonds is 5. The Hall–Kier alpha value is -2.04. The van der Waals surface area contributed by atoms with Crippen molar-refractivity contribution < 1.29 is 14.7 Å². The van der Waals surface area contributed by atoms with Crippen LogP contribution in [0.3, 0.4) is 0 Å². The fourth-order valence-electron chi connectivity index (χ4n) is 1.57. The number of phenols is 1. The predicted octanol–water partition coefficient (Wildman–Crippen LogP) is 0.957. The highest BCUT2D eigenvalue weighted by atomic mass is 16.3. The monoisotopic (exact) mass is 250 g/mol. The van der Waals surface area contributed by atoms with Crippen molar-refractivity contribution in [3.63, 3.8) is 0 Å². The predicted molar refractivity (Wildman–Crippen MR) is 68.5 cm³/mol. The number of benzene rings is 1. The maximum absolute atomic E-state index is 11.8. The van der Waals surface area contributed by atoms with Gasteiger partial charge in [-0.05, 0) is 37.6 Å². The lowest BCUT2D eigenvalue weighted by Crippen LogP contribution is -2.30. The molecule has 0 aliphatic heterocycles. The number of hydrogen-bond acceptors (Lipinski definition) is 3. The highest BCUT2D eigenvalue weighted by Crippen LogP contribution is 2.15. The van der Waals surface area contributed by atoms with Crippen LogP contribution in [0.5, 0.6) is 5.75 Å². The number of carbonyl (C=O) groups is 2. The van der Waals surface area contributed by atoms with E-state index in [0.29, 0.717) is 24.2 Å². The molecule has 0 spiro atoms. The molecule has 0 aliphatic rings. The molecule has 1 aromatic rings. The summed E-state index contributed by atoms with van der Waals surface area (Å²) in [7, 11) is 0. The molecule has 1 rings (SSSR count). The Kier molecular flexibility index (Phi) is 5.17. The molecule has 0 aliphatic carbocycles. The molecule has 0 saturated heterocycles. The van der Waals surface area contributed by atoms with E-state index in [2.05, 4.69) is 10.6 Å². The molecule has 3 N–H and O–H groups in total. The van der Waals surface area contributed by atoms with Gasteiger partial charge in [0.15, 0.2) is 0 Å². The van der Waals surface area contributed by atoms with E-state index in [1.807, 2.05) is 6.92 Å². The van der Waals surface area contributed by atoms with Crippen molar-refractivity contribution in [2.45, 2.75) is 20.3 Å². The summed E-state index contributed by atoms with van der Waals surface area (Å²) in [4.78, 5) is 23.0. The van der Waals surface area contributed by atoms with Gasteiger partial charge in [0.05, 0.1) is 0 Å². The highest BCUT2D eigenvalue weighted by Gasteiger charge is 2.09. The molecule has 1 aromatic carbocycles. The maximum Gasteiger partial charge on any atom is 0.251 e. The summed E-state index contributed by atoms with van der Waals surface area (Å²) >= 11 is 0. The zero-order valence-corrected chi connectivity index (χ0v) is 10.6. The number of hydrogen-bond donors (Lipinski definition) is 3. The van der Waals surface area contributed by atoms with E-state index in [-0.39, 0.29) is 24.0 Å². The summed E-state index contributed by atoms with van der Waals surface area (Å²) in [6.07, 6.45) is 0.261. The molecule has 0 saturated carbocycles. The molecule has 18 heavy (non-hydrogen) atoms. The molecular formula is C13H18N2O3. The van der Waals surface area contributed by atoms with E-state index in [4.69, 9.17) is 0 Å². The van der Waals surface area contributed by atoms with Gasteiger partial charge in [-0.3, -0.25) is 9.59 Å². The fraction of sp³-hybridized carbons (Fsp3) is 0.385. The zero-order chi connectivity index (χ0) is 13.5. The second kappa shape index (κ2) is 6.64. The molecule has 0 radical (unpaired) electrons. The van der Waals surface area contributed by atoms with E-state index in [9.17, 15) is 14.7 Å². The zero-order valence-electron chi connectivity index (χ0n) is 10.6. The van der Waals surface area contributed by atoms with Crippen molar-refractivity contribution in [3.8, 4) is 5.75 Å². The van der Waals surface area contributed by atoms with Crippen molar-refractivity contribution >= 4 is 11.8 Å². The first-order chi connectivity index (χ1) is 8.54. The van der Waals surface area contributed by atoms with Crippen LogP contribution in [0.1, 0.15) is 29.3 Å². The number of aromatic hydroxyl groups is 1. The molecular weight excluding hydrogens is 232 g/mol. The fourth-order valence-corrected chi connectivity index (χ4v) is 1.57. The Labute approximate surface area is 106 Å². The molecule has 0 bridgehead atoms. The van der Waals surface area contributed by atoms with Crippen LogP contribution in [0.4, 0.5) is 0 Å². The van der Waals surface area contributed by atoms with Gasteiger partial charge >= 0.3 is 0 Å². The van der Waals surface area contributed by atoms with Crippen LogP contribution >= 0.6 is 0 Å². The molecule has 98 valence electrons. The largest absolute Gasteiger partial charge is 0.508 e. The van der Waals surface area contributed by atoms with Crippen LogP contribution in [0.2, 0.25) is 0 Å². The standard InChI is InChI=1S/C13H18N2O3/c1-3-14-12(17)6-7-15-13(18)11-5-4-10(16)8-9(11)2/h4-5,8,16H,3,6-7H2,1-2H3,(H,14,17)(H,15,18). The summed E-state index contributed by atoms with van der Waals surface area (Å²) in [5, 5.41) is 14.6. The first kappa shape index (κ1) is 14.0. The van der Waals surface area contributed by atoms with Crippen LogP contribution in [0.25, 0.3) is 0 Å². The molecule has 0 fully saturated rings. The average molecular weight is 250 g/mol. The summed E-state index contributed by atoms with van der Waals surface area (Å²) in [6.45, 7) is 4.48. The molecule has 5 nitrogen and oxygen atoms in total. The third kappa shape index (κ3) is 4.08. The SMILES string of the molecule is CCNC(=O)CCNC(=O)c1ccc(O)cc1C. The van der Waals surface area contributed by atoms with Crippen LogP contribution in [-0.2, 0) is 4.79 Å². The summed E-state index contributed by atoms with van der Waals surface area (Å²) in [5.74, 6) is -0.191. The summed E-state index contributed by atoms with van der Waals surface area (Å²) < 4.78 is 0. The normalized spacial score (nSPS) is 9.89. The van der Waals surface area contributed by atoms with Crippen molar-refractivity contribution in [1.82, 2.24) is 10.6 Å². The van der Waals surface area contributed by atoms with Crippen molar-refractivity contribution in [2.24, 2.45) is 0 Å². The van der Waals surface area contributed by atoms with Crippen molar-refractivity contribution in [3.05, 3.63) is 29.3 Å². The number of nitrogens with one attached hydrogen (secondary N) is 2. The van der Waals surface area contributed by atoms with Gasteiger partial charge in [-0.15, -0.1) is 0 Å². The number of carbonyl (C=O) groups excluding carboxylic acids is 2. The van der Waals surface area contributed by atoms with Gasteiger partial charge in [-0.25, -0.2) is 0 Å². The molecule has 0 atom stereocenters. The minimum Gasteiger partial charge on any atom is -0.508 e. The number of phenolic OH excluding ortho intramolecular Hbond substituents is 1. The van der Waals surface area contributed by atoms with E-state index in [1.165, 1.54) is 12.1 Å². The lowest BCUT2D eigenvalue weighted by molar-refractivity contribution is -0.120. The van der Waals surface area contributed by atoms with Gasteiger partial charge in [0.1, 0.15) is 5.75 Å². The Morgan fingerprint density at radius 1 is 1.28 bits per heavy atom. The van der Waals surface area contributed by atoms with Gasteiger partial charge in [-0.1, -0.05) is 0 Å². The molecule has 2 amide bonds. The highest BCUT2D eigenvalue weighted by molar-refractivity contribution is 5.96. The van der Waals surface area contributed by atoms with Gasteiger partial charge in [-0.2, -0.15) is 0 Å². The van der Waals surface area contributed by atoms with Crippen molar-refractivity contribution in [2.75, 3.05) is 13.1 Å². The van der Waals surface area contributed by atoms with E-state index in [0.717, 1.165) is 0 Å². The lowest BCUT2D eigenvalue weighted by atomic mass is 10.1. The van der Waals surface area contributed by atoms with Crippen molar-refractivity contribution in [1.29, 1.82) is 0 Å². The second-order valence-electron chi connectivity index (χ2n) is 3.96. The van der Waals surface area contributed by atoms with Crippen LogP contribution in [0.15, 0.2) is 18.2 Å². The first-order valence-corrected chi connectivity index (χ1v) is 5.89. The third-order valence-corrected chi connectivity index (χ3v) is 2.47. The van der Waals surface area contributed by atoms with Gasteiger partial charge in [0.25, 0.3) is 5.91 Å². The van der Waals surface area contributed by atoms with Crippen LogP contribution in [-0.4, -0.2) is 30.0 Å². The smallest absolute Gasteiger partial charge is 0.251 e. The summed E-state index contributed by atoms with van der Waals surface area (Å²) in [6, 6.07) is 4.55. The Morgan fingerprint density at radius 2 is 2.00 bits per heavy atom. The molecule has 0 unspecified atom stereocenters. The van der Waals surface area contributed by atoms with Gasteiger partial charge < -0.3 is 15.7 Å². The topological polar surface area (TPSA) is 78.4 Å². The average Bonchev–Trinajstić information content (AvgIpc) is 2.29. The Morgan fingerprint density at radius 3 is 2.61 bits per heavy atom. The third-order valence-electron chi connectivity index (χ3n) is 2.47. The quantitative estimate of drug-likeness (QED) is 0.728. The van der Waals surface area contributed by atoms with Crippen LogP contribution < -0.4 is 10.6 Å². The second-order valence-corrected chi connectivity index (χ2v) is 3.96. The minimum absolute atomic E-state index is 0.0831. The number of amides is 2. The first-order valence-electron chi connectivity index (χ1n) is 5.89. The Balaban J connectivity index is 2.48. The minimum atomic E-state index is -0.239. The van der Waals surface area contributed by atoms with E-state index < -0.39 is 0 Å². The maximum atomic E-state index is 11.8. The van der Waals surface area contributed by atoms with Gasteiger partial charge in [0, 0.05) is 25.1 Å². The Bertz CT molecular complexity index is 444. The summed E-state index contributed by atoms with van der Waals surface area (Å²) in [5.41, 5.74) is 1.20.